The number of aryl methyl sites for hydroxylation is 1. The highest BCUT2D eigenvalue weighted by atomic mass is 16.6. The van der Waals surface area contributed by atoms with E-state index in [1.807, 2.05) is 30.3 Å². The molecule has 0 fully saturated rings. The first-order chi connectivity index (χ1) is 17.8. The molecule has 5 aromatic rings. The predicted octanol–water partition coefficient (Wildman–Crippen LogP) is 5.85. The maximum Gasteiger partial charge on any atom is 0.412 e. The van der Waals surface area contributed by atoms with Gasteiger partial charge in [-0.2, -0.15) is 0 Å². The molecule has 3 aromatic carbocycles. The predicted molar refractivity (Wildman–Crippen MR) is 137 cm³/mol. The van der Waals surface area contributed by atoms with Crippen molar-refractivity contribution in [2.75, 3.05) is 5.32 Å². The molecular weight excluding hydrogens is 476 g/mol. The third-order valence-corrected chi connectivity index (χ3v) is 6.04. The molecule has 0 saturated heterocycles. The first kappa shape index (κ1) is 23.8. The lowest BCUT2D eigenvalue weighted by molar-refractivity contribution is -0.136. The van der Waals surface area contributed by atoms with E-state index < -0.39 is 23.8 Å². The van der Waals surface area contributed by atoms with Crippen LogP contribution in [-0.4, -0.2) is 22.3 Å². The molecule has 0 aliphatic heterocycles. The Bertz CT molecular complexity index is 1700. The van der Waals surface area contributed by atoms with Crippen molar-refractivity contribution in [3.63, 3.8) is 0 Å². The Morgan fingerprint density at radius 1 is 1.03 bits per heavy atom. The molecule has 0 aliphatic rings. The normalized spacial score (nSPS) is 11.9. The Morgan fingerprint density at radius 2 is 1.78 bits per heavy atom. The van der Waals surface area contributed by atoms with Crippen LogP contribution in [0.15, 0.2) is 80.5 Å². The van der Waals surface area contributed by atoms with Gasteiger partial charge in [0.1, 0.15) is 23.1 Å². The van der Waals surface area contributed by atoms with Crippen LogP contribution in [0.4, 0.5) is 10.5 Å². The summed E-state index contributed by atoms with van der Waals surface area (Å²) in [5.74, 6) is -0.706. The number of nitrogens with zero attached hydrogens (tertiary/aromatic N) is 1. The molecular formula is C28H22N2O7. The van der Waals surface area contributed by atoms with E-state index in [1.165, 1.54) is 6.07 Å². The van der Waals surface area contributed by atoms with Gasteiger partial charge in [0.2, 0.25) is 0 Å². The van der Waals surface area contributed by atoms with Crippen molar-refractivity contribution in [3.8, 4) is 11.3 Å². The van der Waals surface area contributed by atoms with Crippen LogP contribution in [0, 0.1) is 6.92 Å². The lowest BCUT2D eigenvalue weighted by atomic mass is 10.0. The van der Waals surface area contributed by atoms with Crippen LogP contribution in [0.3, 0.4) is 0 Å². The largest absolute Gasteiger partial charge is 0.481 e. The fourth-order valence-electron chi connectivity index (χ4n) is 4.20. The van der Waals surface area contributed by atoms with E-state index >= 15 is 0 Å². The molecule has 1 atom stereocenters. The number of aliphatic carboxylic acids is 1. The number of anilines is 1. The molecule has 0 radical (unpaired) electrons. The second-order valence-electron chi connectivity index (χ2n) is 8.61. The van der Waals surface area contributed by atoms with Gasteiger partial charge in [0.05, 0.1) is 11.8 Å². The van der Waals surface area contributed by atoms with Gasteiger partial charge in [-0.25, -0.2) is 9.59 Å². The van der Waals surface area contributed by atoms with E-state index in [1.54, 1.807) is 44.2 Å². The highest BCUT2D eigenvalue weighted by Crippen LogP contribution is 2.34. The lowest BCUT2D eigenvalue weighted by Crippen LogP contribution is -2.16. The fourth-order valence-corrected chi connectivity index (χ4v) is 4.20. The van der Waals surface area contributed by atoms with Crippen LogP contribution in [0.5, 0.6) is 0 Å². The summed E-state index contributed by atoms with van der Waals surface area (Å²) in [6.45, 7) is 3.46. The molecule has 0 aliphatic carbocycles. The van der Waals surface area contributed by atoms with Gasteiger partial charge in [0.25, 0.3) is 0 Å². The number of aromatic nitrogens is 1. The van der Waals surface area contributed by atoms with Gasteiger partial charge in [-0.05, 0) is 48.6 Å². The summed E-state index contributed by atoms with van der Waals surface area (Å²) in [7, 11) is 0. The zero-order valence-electron chi connectivity index (χ0n) is 20.0. The van der Waals surface area contributed by atoms with Crippen molar-refractivity contribution >= 4 is 39.5 Å². The smallest absolute Gasteiger partial charge is 0.412 e. The zero-order valence-corrected chi connectivity index (χ0v) is 20.0. The SMILES string of the molecule is Cc1noc(-c2ccc3c(c2)oc(=O)c2cc(CC(=O)O)ccc23)c1NC(=O)OC(C)c1ccccc1. The van der Waals surface area contributed by atoms with E-state index in [-0.39, 0.29) is 12.2 Å². The minimum atomic E-state index is -0.987. The number of carbonyl (C=O) groups excluding carboxylic acids is 1. The highest BCUT2D eigenvalue weighted by molar-refractivity contribution is 6.05. The Morgan fingerprint density at radius 3 is 2.54 bits per heavy atom. The highest BCUT2D eigenvalue weighted by Gasteiger charge is 2.21. The number of hydrogen-bond donors (Lipinski definition) is 2. The first-order valence-electron chi connectivity index (χ1n) is 11.5. The van der Waals surface area contributed by atoms with Gasteiger partial charge in [0.15, 0.2) is 5.76 Å². The molecule has 2 aromatic heterocycles. The molecule has 186 valence electrons. The maximum atomic E-state index is 12.7. The van der Waals surface area contributed by atoms with E-state index in [0.29, 0.717) is 44.2 Å². The van der Waals surface area contributed by atoms with Gasteiger partial charge >= 0.3 is 17.7 Å². The Balaban J connectivity index is 1.46. The zero-order chi connectivity index (χ0) is 26.1. The van der Waals surface area contributed by atoms with Crippen LogP contribution >= 0.6 is 0 Å². The summed E-state index contributed by atoms with van der Waals surface area (Å²) >= 11 is 0. The summed E-state index contributed by atoms with van der Waals surface area (Å²) in [6.07, 6.45) is -1.33. The Labute approximate surface area is 210 Å². The minimum absolute atomic E-state index is 0.195. The van der Waals surface area contributed by atoms with E-state index in [2.05, 4.69) is 10.5 Å². The molecule has 0 spiro atoms. The molecule has 0 saturated carbocycles. The average Bonchev–Trinajstić information content (AvgIpc) is 3.23. The first-order valence-corrected chi connectivity index (χ1v) is 11.5. The summed E-state index contributed by atoms with van der Waals surface area (Å²) in [5.41, 5.74) is 2.40. The van der Waals surface area contributed by atoms with Crippen molar-refractivity contribution in [3.05, 3.63) is 94.0 Å². The Kier molecular flexibility index (Phi) is 6.19. The van der Waals surface area contributed by atoms with Crippen molar-refractivity contribution < 1.29 is 28.4 Å². The molecule has 9 heteroatoms. The van der Waals surface area contributed by atoms with E-state index in [0.717, 1.165) is 5.56 Å². The van der Waals surface area contributed by atoms with Crippen molar-refractivity contribution in [1.29, 1.82) is 0 Å². The second-order valence-corrected chi connectivity index (χ2v) is 8.61. The number of carboxylic acid groups (broad SMARTS) is 1. The van der Waals surface area contributed by atoms with Crippen LogP contribution in [0.25, 0.3) is 33.1 Å². The summed E-state index contributed by atoms with van der Waals surface area (Å²) in [6, 6.07) is 19.4. The number of fused-ring (bicyclic) bond motifs is 3. The molecule has 5 rings (SSSR count). The summed E-state index contributed by atoms with van der Waals surface area (Å²) < 4.78 is 16.6. The average molecular weight is 498 g/mol. The molecule has 2 heterocycles. The molecule has 9 nitrogen and oxygen atoms in total. The Hall–Kier alpha value is -4.92. The molecule has 0 bridgehead atoms. The number of hydrogen-bond acceptors (Lipinski definition) is 7. The quantitative estimate of drug-likeness (QED) is 0.220. The van der Waals surface area contributed by atoms with E-state index in [9.17, 15) is 14.4 Å². The number of nitrogens with one attached hydrogen (secondary N) is 1. The number of rotatable bonds is 6. The molecule has 1 amide bonds. The van der Waals surface area contributed by atoms with Gasteiger partial charge in [0, 0.05) is 10.9 Å². The second kappa shape index (κ2) is 9.62. The van der Waals surface area contributed by atoms with E-state index in [4.69, 9.17) is 18.8 Å². The molecule has 1 unspecified atom stereocenters. The minimum Gasteiger partial charge on any atom is -0.481 e. The van der Waals surface area contributed by atoms with Crippen molar-refractivity contribution in [2.45, 2.75) is 26.4 Å². The molecule has 2 N–H and O–H groups in total. The molecule has 37 heavy (non-hydrogen) atoms. The summed E-state index contributed by atoms with van der Waals surface area (Å²) in [4.78, 5) is 36.4. The lowest BCUT2D eigenvalue weighted by Gasteiger charge is -2.14. The van der Waals surface area contributed by atoms with Crippen molar-refractivity contribution in [2.24, 2.45) is 0 Å². The fraction of sp³-hybridized carbons (Fsp3) is 0.143. The van der Waals surface area contributed by atoms with Gasteiger partial charge in [-0.15, -0.1) is 0 Å². The standard InChI is InChI=1S/C28H22N2O7/c1-15-25(29-28(34)35-16(2)18-6-4-3-5-7-18)26(37-30-15)19-9-11-21-20-10-8-17(13-24(31)32)12-22(20)27(33)36-23(21)14-19/h3-12,14,16H,13H2,1-2H3,(H,29,34)(H,31,32). The topological polar surface area (TPSA) is 132 Å². The number of benzene rings is 3. The monoisotopic (exact) mass is 498 g/mol. The van der Waals surface area contributed by atoms with Crippen LogP contribution in [-0.2, 0) is 16.0 Å². The number of carboxylic acids is 1. The maximum absolute atomic E-state index is 12.7. The number of ether oxygens (including phenoxy) is 1. The van der Waals surface area contributed by atoms with Gasteiger partial charge in [-0.3, -0.25) is 10.1 Å². The number of amides is 1. The van der Waals surface area contributed by atoms with Crippen LogP contribution in [0.1, 0.15) is 29.8 Å². The van der Waals surface area contributed by atoms with Gasteiger partial charge in [-0.1, -0.05) is 53.7 Å². The van der Waals surface area contributed by atoms with Gasteiger partial charge < -0.3 is 18.8 Å². The van der Waals surface area contributed by atoms with Crippen LogP contribution < -0.4 is 10.9 Å². The summed E-state index contributed by atoms with van der Waals surface area (Å²) in [5, 5.41) is 17.3. The third-order valence-electron chi connectivity index (χ3n) is 6.04. The number of carbonyl (C=O) groups is 2. The van der Waals surface area contributed by atoms with Crippen LogP contribution in [0.2, 0.25) is 0 Å². The third kappa shape index (κ3) is 4.79. The van der Waals surface area contributed by atoms with Crippen molar-refractivity contribution in [1.82, 2.24) is 5.16 Å².